The van der Waals surface area contributed by atoms with E-state index in [1.807, 2.05) is 68.5 Å². The van der Waals surface area contributed by atoms with Crippen molar-refractivity contribution >= 4 is 62.1 Å². The molecule has 1 N–H and O–H groups in total. The number of aryl methyl sites for hydroxylation is 1. The highest BCUT2D eigenvalue weighted by molar-refractivity contribution is 9.10. The zero-order valence-corrected chi connectivity index (χ0v) is 18.9. The summed E-state index contributed by atoms with van der Waals surface area (Å²) in [7, 11) is 0. The first-order valence-corrected chi connectivity index (χ1v) is 10.9. The summed E-state index contributed by atoms with van der Waals surface area (Å²) < 4.78 is 3.09. The van der Waals surface area contributed by atoms with Gasteiger partial charge < -0.3 is 9.88 Å². The van der Waals surface area contributed by atoms with Crippen LogP contribution in [0.1, 0.15) is 17.0 Å². The van der Waals surface area contributed by atoms with Crippen LogP contribution in [0.5, 0.6) is 0 Å². The van der Waals surface area contributed by atoms with Crippen LogP contribution in [-0.4, -0.2) is 15.6 Å². The van der Waals surface area contributed by atoms with Crippen LogP contribution in [0.15, 0.2) is 69.0 Å². The third-order valence-corrected chi connectivity index (χ3v) is 6.19. The van der Waals surface area contributed by atoms with Crippen LogP contribution >= 0.6 is 39.3 Å². The van der Waals surface area contributed by atoms with Gasteiger partial charge in [0.2, 0.25) is 0 Å². The molecule has 2 heterocycles. The largest absolute Gasteiger partial charge is 0.318 e. The first-order chi connectivity index (χ1) is 13.9. The fourth-order valence-electron chi connectivity index (χ4n) is 3.21. The number of amides is 1. The number of hydrogen-bond donors (Lipinski definition) is 1. The summed E-state index contributed by atoms with van der Waals surface area (Å²) in [4.78, 5) is 17.6. The molecule has 1 aliphatic rings. The molecule has 0 aliphatic carbocycles. The van der Waals surface area contributed by atoms with Crippen molar-refractivity contribution in [2.24, 2.45) is 4.99 Å². The van der Waals surface area contributed by atoms with Crippen molar-refractivity contribution in [3.8, 4) is 5.69 Å². The zero-order valence-electron chi connectivity index (χ0n) is 15.7. The summed E-state index contributed by atoms with van der Waals surface area (Å²) in [5.74, 6) is -0.139. The number of amidine groups is 1. The van der Waals surface area contributed by atoms with Gasteiger partial charge in [-0.25, -0.2) is 4.99 Å². The van der Waals surface area contributed by atoms with E-state index in [0.717, 1.165) is 32.8 Å². The van der Waals surface area contributed by atoms with Gasteiger partial charge in [-0.1, -0.05) is 33.6 Å². The molecule has 0 bridgehead atoms. The van der Waals surface area contributed by atoms with Crippen LogP contribution in [0.3, 0.4) is 0 Å². The topological polar surface area (TPSA) is 46.4 Å². The van der Waals surface area contributed by atoms with E-state index in [0.29, 0.717) is 15.1 Å². The van der Waals surface area contributed by atoms with Crippen LogP contribution in [0.4, 0.5) is 5.69 Å². The number of benzene rings is 2. The van der Waals surface area contributed by atoms with Crippen LogP contribution in [0.25, 0.3) is 11.8 Å². The van der Waals surface area contributed by atoms with E-state index < -0.39 is 0 Å². The van der Waals surface area contributed by atoms with E-state index in [1.54, 1.807) is 0 Å². The number of carbonyl (C=O) groups excluding carboxylic acids is 1. The van der Waals surface area contributed by atoms with Gasteiger partial charge in [-0.15, -0.1) is 0 Å². The molecular weight excluding hydrogens is 470 g/mol. The average molecular weight is 487 g/mol. The maximum Gasteiger partial charge on any atom is 0.264 e. The molecule has 2 aromatic carbocycles. The fraction of sp³-hybridized carbons (Fsp3) is 0.0909. The Bertz CT molecular complexity index is 1170. The van der Waals surface area contributed by atoms with Gasteiger partial charge in [-0.05, 0) is 85.8 Å². The molecule has 1 amide bonds. The Balaban J connectivity index is 1.64. The van der Waals surface area contributed by atoms with Gasteiger partial charge in [0.25, 0.3) is 5.91 Å². The minimum absolute atomic E-state index is 0.139. The third kappa shape index (κ3) is 4.34. The van der Waals surface area contributed by atoms with E-state index in [1.165, 1.54) is 11.8 Å². The SMILES string of the molecule is Cc1cc(/C=C2/SC(=Nc3cccc(Br)c3)NC2=O)c(C)n1-c1ccc(Cl)cc1. The summed E-state index contributed by atoms with van der Waals surface area (Å²) in [6, 6.07) is 17.4. The minimum Gasteiger partial charge on any atom is -0.318 e. The number of halogens is 2. The first-order valence-electron chi connectivity index (χ1n) is 8.91. The molecule has 1 aliphatic heterocycles. The smallest absolute Gasteiger partial charge is 0.264 e. The lowest BCUT2D eigenvalue weighted by Gasteiger charge is -2.09. The highest BCUT2D eigenvalue weighted by Crippen LogP contribution is 2.31. The van der Waals surface area contributed by atoms with Gasteiger partial charge >= 0.3 is 0 Å². The van der Waals surface area contributed by atoms with Gasteiger partial charge in [0.1, 0.15) is 0 Å². The molecule has 0 saturated carbocycles. The molecular formula is C22H17BrClN3OS. The van der Waals surface area contributed by atoms with Crippen LogP contribution in [0.2, 0.25) is 5.02 Å². The molecule has 1 saturated heterocycles. The lowest BCUT2D eigenvalue weighted by molar-refractivity contribution is -0.115. The maximum absolute atomic E-state index is 12.4. The van der Waals surface area contributed by atoms with Gasteiger partial charge in [0.15, 0.2) is 5.17 Å². The van der Waals surface area contributed by atoms with Crippen molar-refractivity contribution in [3.63, 3.8) is 0 Å². The lowest BCUT2D eigenvalue weighted by Crippen LogP contribution is -2.19. The molecule has 4 rings (SSSR count). The summed E-state index contributed by atoms with van der Waals surface area (Å²) in [6.07, 6.45) is 1.91. The fourth-order valence-corrected chi connectivity index (χ4v) is 4.55. The van der Waals surface area contributed by atoms with E-state index in [4.69, 9.17) is 11.6 Å². The summed E-state index contributed by atoms with van der Waals surface area (Å²) in [6.45, 7) is 4.09. The number of rotatable bonds is 3. The second-order valence-electron chi connectivity index (χ2n) is 6.60. The Labute approximate surface area is 186 Å². The van der Waals surface area contributed by atoms with Gasteiger partial charge in [-0.3, -0.25) is 4.79 Å². The molecule has 1 fully saturated rings. The quantitative estimate of drug-likeness (QED) is 0.435. The first kappa shape index (κ1) is 20.0. The normalized spacial score (nSPS) is 16.6. The van der Waals surface area contributed by atoms with Crippen LogP contribution < -0.4 is 5.32 Å². The monoisotopic (exact) mass is 485 g/mol. The van der Waals surface area contributed by atoms with E-state index in [9.17, 15) is 4.79 Å². The van der Waals surface area contributed by atoms with Crippen molar-refractivity contribution < 1.29 is 4.79 Å². The van der Waals surface area contributed by atoms with Crippen molar-refractivity contribution in [2.75, 3.05) is 0 Å². The maximum atomic E-state index is 12.4. The van der Waals surface area contributed by atoms with Crippen molar-refractivity contribution in [3.05, 3.63) is 85.9 Å². The summed E-state index contributed by atoms with van der Waals surface area (Å²) in [5.41, 5.74) is 4.96. The average Bonchev–Trinajstić information content (AvgIpc) is 3.15. The molecule has 3 aromatic rings. The lowest BCUT2D eigenvalue weighted by atomic mass is 10.2. The number of nitrogens with zero attached hydrogens (tertiary/aromatic N) is 2. The third-order valence-electron chi connectivity index (χ3n) is 4.53. The number of hydrogen-bond acceptors (Lipinski definition) is 3. The molecule has 1 aromatic heterocycles. The van der Waals surface area contributed by atoms with Crippen molar-refractivity contribution in [2.45, 2.75) is 13.8 Å². The molecule has 29 heavy (non-hydrogen) atoms. The number of carbonyl (C=O) groups is 1. The Morgan fingerprint density at radius 2 is 1.90 bits per heavy atom. The van der Waals surface area contributed by atoms with E-state index in [2.05, 4.69) is 36.9 Å². The molecule has 0 unspecified atom stereocenters. The molecule has 146 valence electrons. The number of thioether (sulfide) groups is 1. The highest BCUT2D eigenvalue weighted by atomic mass is 79.9. The van der Waals surface area contributed by atoms with Crippen LogP contribution in [0, 0.1) is 13.8 Å². The molecule has 0 spiro atoms. The predicted molar refractivity (Wildman–Crippen MR) is 125 cm³/mol. The number of aliphatic imine (C=N–C) groups is 1. The summed E-state index contributed by atoms with van der Waals surface area (Å²) in [5, 5.41) is 4.12. The number of nitrogens with one attached hydrogen (secondary N) is 1. The molecule has 4 nitrogen and oxygen atoms in total. The predicted octanol–water partition coefficient (Wildman–Crippen LogP) is 6.40. The van der Waals surface area contributed by atoms with Crippen molar-refractivity contribution in [1.82, 2.24) is 9.88 Å². The van der Waals surface area contributed by atoms with Crippen molar-refractivity contribution in [1.29, 1.82) is 0 Å². The van der Waals surface area contributed by atoms with Crippen LogP contribution in [-0.2, 0) is 4.79 Å². The van der Waals surface area contributed by atoms with Gasteiger partial charge in [0, 0.05) is 26.6 Å². The Morgan fingerprint density at radius 3 is 2.62 bits per heavy atom. The highest BCUT2D eigenvalue weighted by Gasteiger charge is 2.24. The Morgan fingerprint density at radius 1 is 1.14 bits per heavy atom. The number of aromatic nitrogens is 1. The van der Waals surface area contributed by atoms with Gasteiger partial charge in [-0.2, -0.15) is 0 Å². The molecule has 0 radical (unpaired) electrons. The van der Waals surface area contributed by atoms with Gasteiger partial charge in [0.05, 0.1) is 10.6 Å². The zero-order chi connectivity index (χ0) is 20.5. The Kier molecular flexibility index (Phi) is 5.67. The Hall–Kier alpha value is -2.28. The minimum atomic E-state index is -0.139. The van der Waals surface area contributed by atoms with E-state index >= 15 is 0 Å². The van der Waals surface area contributed by atoms with E-state index in [-0.39, 0.29) is 5.91 Å². The molecule has 0 atom stereocenters. The second-order valence-corrected chi connectivity index (χ2v) is 8.98. The second kappa shape index (κ2) is 8.22. The standard InChI is InChI=1S/C22H17BrClN3OS/c1-13-10-15(14(2)27(13)19-8-6-17(24)7-9-19)11-20-21(28)26-22(29-20)25-18-5-3-4-16(23)12-18/h3-12H,1-2H3,(H,25,26,28)/b20-11+. The molecule has 7 heteroatoms. The summed E-state index contributed by atoms with van der Waals surface area (Å²) >= 11 is 10.8.